The molecule has 1 aliphatic carbocycles. The van der Waals surface area contributed by atoms with Gasteiger partial charge < -0.3 is 5.73 Å². The third-order valence-corrected chi connectivity index (χ3v) is 4.59. The van der Waals surface area contributed by atoms with Crippen LogP contribution in [0.15, 0.2) is 0 Å². The SMILES string of the molecule is CCC(C)C(N)C(=O)C1CCC(C)C(C)C1. The highest BCUT2D eigenvalue weighted by Crippen LogP contribution is 2.34. The van der Waals surface area contributed by atoms with Gasteiger partial charge in [0.1, 0.15) is 0 Å². The summed E-state index contributed by atoms with van der Waals surface area (Å²) in [4.78, 5) is 12.2. The van der Waals surface area contributed by atoms with Crippen molar-refractivity contribution in [2.75, 3.05) is 0 Å². The predicted octanol–water partition coefficient (Wildman–Crippen LogP) is 3.00. The van der Waals surface area contributed by atoms with Gasteiger partial charge >= 0.3 is 0 Å². The van der Waals surface area contributed by atoms with Crippen LogP contribution in [0, 0.1) is 23.7 Å². The Hall–Kier alpha value is -0.370. The lowest BCUT2D eigenvalue weighted by molar-refractivity contribution is -0.127. The molecule has 5 unspecified atom stereocenters. The van der Waals surface area contributed by atoms with E-state index in [4.69, 9.17) is 5.73 Å². The molecule has 94 valence electrons. The van der Waals surface area contributed by atoms with E-state index in [1.54, 1.807) is 0 Å². The first-order valence-corrected chi connectivity index (χ1v) is 6.76. The lowest BCUT2D eigenvalue weighted by Crippen LogP contribution is -2.42. The summed E-state index contributed by atoms with van der Waals surface area (Å²) in [6.07, 6.45) is 4.27. The van der Waals surface area contributed by atoms with Gasteiger partial charge in [-0.3, -0.25) is 4.79 Å². The number of carbonyl (C=O) groups is 1. The highest BCUT2D eigenvalue weighted by Gasteiger charge is 2.32. The van der Waals surface area contributed by atoms with E-state index in [1.807, 2.05) is 0 Å². The van der Waals surface area contributed by atoms with Crippen LogP contribution >= 0.6 is 0 Å². The minimum Gasteiger partial charge on any atom is -0.321 e. The van der Waals surface area contributed by atoms with Gasteiger partial charge in [-0.2, -0.15) is 0 Å². The van der Waals surface area contributed by atoms with Crippen LogP contribution in [0.2, 0.25) is 0 Å². The van der Waals surface area contributed by atoms with Crippen LogP contribution in [0.3, 0.4) is 0 Å². The summed E-state index contributed by atoms with van der Waals surface area (Å²) >= 11 is 0. The first kappa shape index (κ1) is 13.7. The molecule has 0 heterocycles. The van der Waals surface area contributed by atoms with Crippen molar-refractivity contribution in [1.82, 2.24) is 0 Å². The average molecular weight is 225 g/mol. The molecular weight excluding hydrogens is 198 g/mol. The zero-order valence-corrected chi connectivity index (χ0v) is 11.2. The smallest absolute Gasteiger partial charge is 0.152 e. The second-order valence-corrected chi connectivity index (χ2v) is 5.78. The normalized spacial score (nSPS) is 34.4. The minimum absolute atomic E-state index is 0.232. The molecule has 0 aliphatic heterocycles. The molecule has 0 spiro atoms. The van der Waals surface area contributed by atoms with Crippen molar-refractivity contribution in [3.05, 3.63) is 0 Å². The fourth-order valence-electron chi connectivity index (χ4n) is 2.61. The van der Waals surface area contributed by atoms with E-state index >= 15 is 0 Å². The maximum atomic E-state index is 12.2. The van der Waals surface area contributed by atoms with Crippen molar-refractivity contribution in [2.24, 2.45) is 29.4 Å². The van der Waals surface area contributed by atoms with Crippen molar-refractivity contribution in [2.45, 2.75) is 59.4 Å². The summed E-state index contributed by atoms with van der Waals surface area (Å²) in [7, 11) is 0. The molecule has 1 aliphatic rings. The molecule has 16 heavy (non-hydrogen) atoms. The molecule has 5 atom stereocenters. The molecule has 1 saturated carbocycles. The second-order valence-electron chi connectivity index (χ2n) is 5.78. The highest BCUT2D eigenvalue weighted by molar-refractivity contribution is 5.86. The van der Waals surface area contributed by atoms with Gasteiger partial charge in [-0.1, -0.05) is 34.1 Å². The number of ketones is 1. The van der Waals surface area contributed by atoms with Crippen molar-refractivity contribution < 1.29 is 4.79 Å². The molecule has 1 rings (SSSR count). The van der Waals surface area contributed by atoms with E-state index in [2.05, 4.69) is 27.7 Å². The quantitative estimate of drug-likeness (QED) is 0.799. The van der Waals surface area contributed by atoms with Gasteiger partial charge in [-0.15, -0.1) is 0 Å². The van der Waals surface area contributed by atoms with Crippen LogP contribution in [0.1, 0.15) is 53.4 Å². The molecular formula is C14H27NO. The molecule has 0 aromatic heterocycles. The standard InChI is InChI=1S/C14H27NO/c1-5-9(2)13(15)14(16)12-7-6-10(3)11(4)8-12/h9-13H,5-8,15H2,1-4H3. The number of rotatable bonds is 4. The van der Waals surface area contributed by atoms with Gasteiger partial charge in [0.05, 0.1) is 6.04 Å². The summed E-state index contributed by atoms with van der Waals surface area (Å²) in [5, 5.41) is 0. The first-order valence-electron chi connectivity index (χ1n) is 6.76. The van der Waals surface area contributed by atoms with E-state index < -0.39 is 0 Å². The summed E-state index contributed by atoms with van der Waals surface area (Å²) in [6.45, 7) is 8.74. The Labute approximate surface area is 100.0 Å². The Morgan fingerprint density at radius 2 is 1.94 bits per heavy atom. The van der Waals surface area contributed by atoms with E-state index in [1.165, 1.54) is 6.42 Å². The van der Waals surface area contributed by atoms with Gasteiger partial charge in [0.2, 0.25) is 0 Å². The molecule has 2 heteroatoms. The largest absolute Gasteiger partial charge is 0.321 e. The van der Waals surface area contributed by atoms with Crippen LogP contribution in [0.25, 0.3) is 0 Å². The predicted molar refractivity (Wildman–Crippen MR) is 68.1 cm³/mol. The van der Waals surface area contributed by atoms with Crippen LogP contribution in [0.4, 0.5) is 0 Å². The molecule has 0 radical (unpaired) electrons. The monoisotopic (exact) mass is 225 g/mol. The molecule has 2 nitrogen and oxygen atoms in total. The Kier molecular flexibility index (Phi) is 4.97. The third-order valence-electron chi connectivity index (χ3n) is 4.59. The fraction of sp³-hybridized carbons (Fsp3) is 0.929. The summed E-state index contributed by atoms with van der Waals surface area (Å²) < 4.78 is 0. The van der Waals surface area contributed by atoms with Crippen LogP contribution in [0.5, 0.6) is 0 Å². The van der Waals surface area contributed by atoms with Crippen LogP contribution in [-0.2, 0) is 4.79 Å². The molecule has 0 aromatic rings. The van der Waals surface area contributed by atoms with E-state index in [0.717, 1.165) is 25.2 Å². The fourth-order valence-corrected chi connectivity index (χ4v) is 2.61. The zero-order valence-electron chi connectivity index (χ0n) is 11.2. The highest BCUT2D eigenvalue weighted by atomic mass is 16.1. The van der Waals surface area contributed by atoms with E-state index in [9.17, 15) is 4.79 Å². The number of hydrogen-bond acceptors (Lipinski definition) is 2. The van der Waals surface area contributed by atoms with Gasteiger partial charge in [0, 0.05) is 5.92 Å². The van der Waals surface area contributed by atoms with Gasteiger partial charge in [0.25, 0.3) is 0 Å². The van der Waals surface area contributed by atoms with Crippen molar-refractivity contribution >= 4 is 5.78 Å². The van der Waals surface area contributed by atoms with Crippen molar-refractivity contribution in [3.63, 3.8) is 0 Å². The number of carbonyl (C=O) groups excluding carboxylic acids is 1. The lowest BCUT2D eigenvalue weighted by atomic mass is 9.72. The maximum Gasteiger partial charge on any atom is 0.152 e. The number of nitrogens with two attached hydrogens (primary N) is 1. The van der Waals surface area contributed by atoms with Gasteiger partial charge in [-0.05, 0) is 37.0 Å². The summed E-state index contributed by atoms with van der Waals surface area (Å²) in [5.41, 5.74) is 6.03. The number of hydrogen-bond donors (Lipinski definition) is 1. The first-order chi connectivity index (χ1) is 7.47. The molecule has 2 N–H and O–H groups in total. The van der Waals surface area contributed by atoms with Crippen LogP contribution in [-0.4, -0.2) is 11.8 Å². The molecule has 0 saturated heterocycles. The third kappa shape index (κ3) is 3.07. The number of Topliss-reactive ketones (excluding diaryl/α,β-unsaturated/α-hetero) is 1. The Morgan fingerprint density at radius 1 is 1.31 bits per heavy atom. The van der Waals surface area contributed by atoms with Crippen LogP contribution < -0.4 is 5.73 Å². The molecule has 0 aromatic carbocycles. The van der Waals surface area contributed by atoms with E-state index in [0.29, 0.717) is 17.6 Å². The Bertz CT molecular complexity index is 239. The van der Waals surface area contributed by atoms with E-state index in [-0.39, 0.29) is 12.0 Å². The maximum absolute atomic E-state index is 12.2. The second kappa shape index (κ2) is 5.81. The summed E-state index contributed by atoms with van der Waals surface area (Å²) in [5.74, 6) is 2.31. The van der Waals surface area contributed by atoms with Gasteiger partial charge in [-0.25, -0.2) is 0 Å². The molecule has 1 fully saturated rings. The average Bonchev–Trinajstić information content (AvgIpc) is 2.29. The van der Waals surface area contributed by atoms with Crippen molar-refractivity contribution in [1.29, 1.82) is 0 Å². The zero-order chi connectivity index (χ0) is 12.3. The summed E-state index contributed by atoms with van der Waals surface area (Å²) in [6, 6.07) is -0.240. The topological polar surface area (TPSA) is 43.1 Å². The minimum atomic E-state index is -0.240. The Balaban J connectivity index is 2.55. The molecule has 0 bridgehead atoms. The lowest BCUT2D eigenvalue weighted by Gasteiger charge is -2.33. The molecule has 0 amide bonds. The van der Waals surface area contributed by atoms with Gasteiger partial charge in [0.15, 0.2) is 5.78 Å². The van der Waals surface area contributed by atoms with Crippen molar-refractivity contribution in [3.8, 4) is 0 Å². The Morgan fingerprint density at radius 3 is 2.44 bits per heavy atom.